The normalized spacial score (nSPS) is 16.5. The van der Waals surface area contributed by atoms with E-state index in [0.29, 0.717) is 36.2 Å². The van der Waals surface area contributed by atoms with E-state index in [2.05, 4.69) is 51.7 Å². The van der Waals surface area contributed by atoms with Crippen LogP contribution in [0.2, 0.25) is 0 Å². The molecule has 1 fully saturated rings. The predicted molar refractivity (Wildman–Crippen MR) is 159 cm³/mol. The third-order valence-electron chi connectivity index (χ3n) is 7.36. The average molecular weight is 579 g/mol. The summed E-state index contributed by atoms with van der Waals surface area (Å²) in [6.07, 6.45) is 1.92. The van der Waals surface area contributed by atoms with Gasteiger partial charge in [-0.25, -0.2) is 13.4 Å². The van der Waals surface area contributed by atoms with Gasteiger partial charge >= 0.3 is 0 Å². The number of piperidine rings is 1. The molecule has 2 aromatic carbocycles. The molecule has 1 aromatic heterocycles. The SMILES string of the molecule is CCN(CC)CCN(C(=O)c1ccc(S(=O)(=O)N2CCCC(C)C2)cc1)c1nc2cc(C)c(C)cc2s1.Cl. The van der Waals surface area contributed by atoms with Crippen LogP contribution >= 0.6 is 23.7 Å². The fourth-order valence-electron chi connectivity index (χ4n) is 4.79. The molecule has 0 N–H and O–H groups in total. The molecule has 0 spiro atoms. The summed E-state index contributed by atoms with van der Waals surface area (Å²) in [6.45, 7) is 14.6. The van der Waals surface area contributed by atoms with Gasteiger partial charge < -0.3 is 4.90 Å². The Morgan fingerprint density at radius 2 is 1.74 bits per heavy atom. The molecule has 0 saturated carbocycles. The smallest absolute Gasteiger partial charge is 0.260 e. The standard InChI is InChI=1S/C28H38N4O3S2.ClH/c1-6-30(7-2)15-16-32(28-29-25-17-21(4)22(5)18-26(25)36-28)27(33)23-10-12-24(13-11-23)37(34,35)31-14-8-9-20(3)19-31;/h10-13,17-18,20H,6-9,14-16,19H2,1-5H3;1H. The number of sulfonamides is 1. The zero-order valence-corrected chi connectivity index (χ0v) is 25.4. The second-order valence-electron chi connectivity index (χ2n) is 10.0. The highest BCUT2D eigenvalue weighted by atomic mass is 35.5. The minimum absolute atomic E-state index is 0. The summed E-state index contributed by atoms with van der Waals surface area (Å²) in [4.78, 5) is 22.8. The highest BCUT2D eigenvalue weighted by Crippen LogP contribution is 2.32. The Hall–Kier alpha value is -2.04. The van der Waals surface area contributed by atoms with Crippen LogP contribution in [-0.4, -0.2) is 67.8 Å². The average Bonchev–Trinajstić information content (AvgIpc) is 3.28. The van der Waals surface area contributed by atoms with Crippen molar-refractivity contribution in [1.82, 2.24) is 14.2 Å². The molecule has 0 bridgehead atoms. The molecule has 3 aromatic rings. The Balaban J connectivity index is 0.00000400. The first-order valence-electron chi connectivity index (χ1n) is 13.2. The summed E-state index contributed by atoms with van der Waals surface area (Å²) < 4.78 is 29.0. The van der Waals surface area contributed by atoms with E-state index in [4.69, 9.17) is 4.98 Å². The summed E-state index contributed by atoms with van der Waals surface area (Å²) in [7, 11) is -3.57. The van der Waals surface area contributed by atoms with E-state index in [0.717, 1.165) is 42.7 Å². The van der Waals surface area contributed by atoms with Crippen molar-refractivity contribution >= 4 is 55.0 Å². The second-order valence-corrected chi connectivity index (χ2v) is 13.0. The number of halogens is 1. The lowest BCUT2D eigenvalue weighted by Gasteiger charge is -2.30. The Kier molecular flexibility index (Phi) is 10.3. The van der Waals surface area contributed by atoms with Gasteiger partial charge in [-0.2, -0.15) is 4.31 Å². The molecule has 10 heteroatoms. The van der Waals surface area contributed by atoms with Gasteiger partial charge in [-0.1, -0.05) is 32.1 Å². The minimum Gasteiger partial charge on any atom is -0.302 e. The summed E-state index contributed by atoms with van der Waals surface area (Å²) in [5.41, 5.74) is 3.71. The molecule has 208 valence electrons. The van der Waals surface area contributed by atoms with E-state index in [1.165, 1.54) is 22.5 Å². The number of aromatic nitrogens is 1. The summed E-state index contributed by atoms with van der Waals surface area (Å²) in [5.74, 6) is 0.181. The number of nitrogens with zero attached hydrogens (tertiary/aromatic N) is 4. The largest absolute Gasteiger partial charge is 0.302 e. The van der Waals surface area contributed by atoms with Crippen LogP contribution in [0.5, 0.6) is 0 Å². The van der Waals surface area contributed by atoms with Crippen LogP contribution in [0.4, 0.5) is 5.13 Å². The Bertz CT molecular complexity index is 1320. The maximum Gasteiger partial charge on any atom is 0.260 e. The number of carbonyl (C=O) groups excluding carboxylic acids is 1. The Morgan fingerprint density at radius 3 is 2.37 bits per heavy atom. The monoisotopic (exact) mass is 578 g/mol. The number of hydrogen-bond donors (Lipinski definition) is 0. The van der Waals surface area contributed by atoms with Crippen LogP contribution in [0.1, 0.15) is 55.1 Å². The van der Waals surface area contributed by atoms with E-state index < -0.39 is 10.0 Å². The molecule has 1 saturated heterocycles. The number of amides is 1. The number of rotatable bonds is 9. The number of likely N-dealkylation sites (N-methyl/N-ethyl adjacent to an activating group) is 1. The molecule has 38 heavy (non-hydrogen) atoms. The summed E-state index contributed by atoms with van der Waals surface area (Å²) in [5, 5.41) is 0.663. The molecule has 1 aliphatic heterocycles. The number of aryl methyl sites for hydroxylation is 2. The van der Waals surface area contributed by atoms with Gasteiger partial charge in [0.1, 0.15) is 0 Å². The number of anilines is 1. The number of fused-ring (bicyclic) bond motifs is 1. The van der Waals surface area contributed by atoms with Crippen molar-refractivity contribution in [1.29, 1.82) is 0 Å². The third-order valence-corrected chi connectivity index (χ3v) is 10.3. The molecule has 1 aliphatic rings. The van der Waals surface area contributed by atoms with Crippen LogP contribution in [-0.2, 0) is 10.0 Å². The van der Waals surface area contributed by atoms with Crippen molar-refractivity contribution in [2.45, 2.75) is 52.4 Å². The van der Waals surface area contributed by atoms with E-state index >= 15 is 0 Å². The molecule has 0 radical (unpaired) electrons. The van der Waals surface area contributed by atoms with Gasteiger partial charge in [0.2, 0.25) is 10.0 Å². The minimum atomic E-state index is -3.57. The molecule has 7 nitrogen and oxygen atoms in total. The molecule has 1 unspecified atom stereocenters. The lowest BCUT2D eigenvalue weighted by Crippen LogP contribution is -2.39. The molecule has 0 aliphatic carbocycles. The van der Waals surface area contributed by atoms with Crippen LogP contribution in [0, 0.1) is 19.8 Å². The van der Waals surface area contributed by atoms with Crippen molar-refractivity contribution in [3.05, 3.63) is 53.1 Å². The number of benzene rings is 2. The van der Waals surface area contributed by atoms with Crippen LogP contribution < -0.4 is 4.90 Å². The first-order valence-corrected chi connectivity index (χ1v) is 15.4. The molecular weight excluding hydrogens is 540 g/mol. The number of hydrogen-bond acceptors (Lipinski definition) is 6. The maximum atomic E-state index is 13.8. The predicted octanol–water partition coefficient (Wildman–Crippen LogP) is 5.74. The van der Waals surface area contributed by atoms with Gasteiger partial charge in [-0.15, -0.1) is 12.4 Å². The van der Waals surface area contributed by atoms with Gasteiger partial charge in [-0.05, 0) is 93.2 Å². The van der Waals surface area contributed by atoms with Gasteiger partial charge in [0.05, 0.1) is 15.1 Å². The first kappa shape index (κ1) is 30.5. The molecule has 1 atom stereocenters. The Labute approximate surface area is 237 Å². The first-order chi connectivity index (χ1) is 17.6. The van der Waals surface area contributed by atoms with Crippen molar-refractivity contribution in [3.8, 4) is 0 Å². The number of carbonyl (C=O) groups is 1. The lowest BCUT2D eigenvalue weighted by atomic mass is 10.0. The van der Waals surface area contributed by atoms with Gasteiger partial charge in [0, 0.05) is 31.7 Å². The van der Waals surface area contributed by atoms with Gasteiger partial charge in [0.15, 0.2) is 5.13 Å². The fourth-order valence-corrected chi connectivity index (χ4v) is 7.46. The quantitative estimate of drug-likeness (QED) is 0.323. The zero-order chi connectivity index (χ0) is 26.7. The molecular formula is C28H39ClN4O3S2. The third kappa shape index (κ3) is 6.57. The zero-order valence-electron chi connectivity index (χ0n) is 22.9. The van der Waals surface area contributed by atoms with Crippen molar-refractivity contribution in [2.24, 2.45) is 5.92 Å². The van der Waals surface area contributed by atoms with Crippen molar-refractivity contribution in [3.63, 3.8) is 0 Å². The number of thiazole rings is 1. The van der Waals surface area contributed by atoms with E-state index in [9.17, 15) is 13.2 Å². The van der Waals surface area contributed by atoms with Gasteiger partial charge in [0.25, 0.3) is 5.91 Å². The molecule has 2 heterocycles. The Morgan fingerprint density at radius 1 is 1.08 bits per heavy atom. The topological polar surface area (TPSA) is 73.8 Å². The summed E-state index contributed by atoms with van der Waals surface area (Å²) >= 11 is 1.52. The second kappa shape index (κ2) is 12.9. The highest BCUT2D eigenvalue weighted by molar-refractivity contribution is 7.89. The fraction of sp³-hybridized carbons (Fsp3) is 0.500. The molecule has 1 amide bonds. The van der Waals surface area contributed by atoms with Crippen LogP contribution in [0.3, 0.4) is 0 Å². The van der Waals surface area contributed by atoms with E-state index in [1.54, 1.807) is 33.5 Å². The van der Waals surface area contributed by atoms with Crippen molar-refractivity contribution < 1.29 is 13.2 Å². The highest BCUT2D eigenvalue weighted by Gasteiger charge is 2.29. The summed E-state index contributed by atoms with van der Waals surface area (Å²) in [6, 6.07) is 10.6. The van der Waals surface area contributed by atoms with Crippen molar-refractivity contribution in [2.75, 3.05) is 44.2 Å². The van der Waals surface area contributed by atoms with E-state index in [-0.39, 0.29) is 23.2 Å². The lowest BCUT2D eigenvalue weighted by molar-refractivity contribution is 0.0983. The van der Waals surface area contributed by atoms with Crippen LogP contribution in [0.15, 0.2) is 41.3 Å². The molecule has 4 rings (SSSR count). The van der Waals surface area contributed by atoms with Gasteiger partial charge in [-0.3, -0.25) is 9.69 Å². The van der Waals surface area contributed by atoms with Crippen LogP contribution in [0.25, 0.3) is 10.2 Å². The van der Waals surface area contributed by atoms with E-state index in [1.807, 2.05) is 0 Å². The maximum absolute atomic E-state index is 13.8.